The molecule has 80 valence electrons. The van der Waals surface area contributed by atoms with E-state index >= 15 is 0 Å². The Kier molecular flexibility index (Phi) is 4.42. The summed E-state index contributed by atoms with van der Waals surface area (Å²) in [5.41, 5.74) is 0.504. The lowest BCUT2D eigenvalue weighted by atomic mass is 10.2. The van der Waals surface area contributed by atoms with Crippen molar-refractivity contribution in [3.63, 3.8) is 0 Å². The summed E-state index contributed by atoms with van der Waals surface area (Å²) in [5, 5.41) is 8.67. The van der Waals surface area contributed by atoms with Crippen LogP contribution in [0, 0.1) is 11.3 Å². The van der Waals surface area contributed by atoms with Crippen LogP contribution in [0.2, 0.25) is 0 Å². The number of halogens is 1. The lowest BCUT2D eigenvalue weighted by Crippen LogP contribution is -2.00. The maximum Gasteiger partial charge on any atom is 0.162 e. The number of hydrogen-bond donors (Lipinski definition) is 0. The molecule has 4 heteroatoms. The van der Waals surface area contributed by atoms with Gasteiger partial charge < -0.3 is 9.47 Å². The van der Waals surface area contributed by atoms with E-state index in [-0.39, 0.29) is 0 Å². The zero-order valence-corrected chi connectivity index (χ0v) is 8.50. The fourth-order valence-electron chi connectivity index (χ4n) is 1.09. The largest absolute Gasteiger partial charge is 0.493 e. The van der Waals surface area contributed by atoms with Crippen molar-refractivity contribution >= 4 is 0 Å². The second-order valence-corrected chi connectivity index (χ2v) is 2.87. The van der Waals surface area contributed by atoms with Crippen molar-refractivity contribution in [1.29, 1.82) is 5.26 Å². The minimum absolute atomic E-state index is 0.304. The molecule has 1 rings (SSSR count). The van der Waals surface area contributed by atoms with Crippen molar-refractivity contribution in [2.24, 2.45) is 0 Å². The molecule has 0 aliphatic heterocycles. The summed E-state index contributed by atoms with van der Waals surface area (Å²) in [7, 11) is 1.50. The Morgan fingerprint density at radius 3 is 2.80 bits per heavy atom. The second kappa shape index (κ2) is 5.86. The van der Waals surface area contributed by atoms with Gasteiger partial charge in [-0.1, -0.05) is 0 Å². The van der Waals surface area contributed by atoms with Gasteiger partial charge in [0.25, 0.3) is 0 Å². The molecule has 1 aromatic carbocycles. The van der Waals surface area contributed by atoms with Crippen molar-refractivity contribution in [2.75, 3.05) is 20.4 Å². The van der Waals surface area contributed by atoms with Gasteiger partial charge in [0.2, 0.25) is 0 Å². The van der Waals surface area contributed by atoms with Crippen molar-refractivity contribution in [2.45, 2.75) is 6.42 Å². The van der Waals surface area contributed by atoms with Crippen molar-refractivity contribution in [3.8, 4) is 17.6 Å². The Hall–Kier alpha value is -1.76. The van der Waals surface area contributed by atoms with E-state index in [0.717, 1.165) is 0 Å². The maximum atomic E-state index is 11.8. The monoisotopic (exact) mass is 209 g/mol. The number of nitriles is 1. The molecule has 0 unspecified atom stereocenters. The molecule has 0 spiro atoms. The lowest BCUT2D eigenvalue weighted by molar-refractivity contribution is 0.274. The van der Waals surface area contributed by atoms with E-state index in [0.29, 0.717) is 30.1 Å². The number of methoxy groups -OCH3 is 1. The molecule has 0 atom stereocenters. The summed E-state index contributed by atoms with van der Waals surface area (Å²) in [6, 6.07) is 6.87. The van der Waals surface area contributed by atoms with Crippen molar-refractivity contribution in [1.82, 2.24) is 0 Å². The fraction of sp³-hybridized carbons (Fsp3) is 0.364. The predicted octanol–water partition coefficient (Wildman–Crippen LogP) is 2.31. The van der Waals surface area contributed by atoms with Gasteiger partial charge in [0.05, 0.1) is 32.0 Å². The lowest BCUT2D eigenvalue weighted by Gasteiger charge is -2.09. The average Bonchev–Trinajstić information content (AvgIpc) is 2.29. The van der Waals surface area contributed by atoms with E-state index in [1.165, 1.54) is 7.11 Å². The van der Waals surface area contributed by atoms with Gasteiger partial charge in [-0.2, -0.15) is 5.26 Å². The van der Waals surface area contributed by atoms with Crippen LogP contribution in [0.4, 0.5) is 4.39 Å². The first-order valence-electron chi connectivity index (χ1n) is 4.58. The smallest absolute Gasteiger partial charge is 0.162 e. The van der Waals surface area contributed by atoms with Gasteiger partial charge in [0, 0.05) is 12.5 Å². The number of alkyl halides is 1. The molecule has 0 saturated carbocycles. The van der Waals surface area contributed by atoms with Crippen LogP contribution in [-0.4, -0.2) is 20.4 Å². The average molecular weight is 209 g/mol. The number of rotatable bonds is 5. The SMILES string of the molecule is COc1cc(C#N)ccc1OCCCF. The minimum Gasteiger partial charge on any atom is -0.493 e. The van der Waals surface area contributed by atoms with Crippen LogP contribution in [0.3, 0.4) is 0 Å². The van der Waals surface area contributed by atoms with Crippen LogP contribution in [-0.2, 0) is 0 Å². The van der Waals surface area contributed by atoms with Crippen LogP contribution in [0.1, 0.15) is 12.0 Å². The second-order valence-electron chi connectivity index (χ2n) is 2.87. The molecule has 3 nitrogen and oxygen atoms in total. The molecule has 0 fully saturated rings. The van der Waals surface area contributed by atoms with Gasteiger partial charge in [-0.25, -0.2) is 0 Å². The van der Waals surface area contributed by atoms with Crippen LogP contribution >= 0.6 is 0 Å². The maximum absolute atomic E-state index is 11.8. The van der Waals surface area contributed by atoms with E-state index in [2.05, 4.69) is 0 Å². The van der Waals surface area contributed by atoms with Gasteiger partial charge >= 0.3 is 0 Å². The Morgan fingerprint density at radius 2 is 2.20 bits per heavy atom. The first kappa shape index (κ1) is 11.3. The van der Waals surface area contributed by atoms with Gasteiger partial charge in [-0.3, -0.25) is 4.39 Å². The Balaban J connectivity index is 2.75. The van der Waals surface area contributed by atoms with Gasteiger partial charge in [-0.15, -0.1) is 0 Å². The molecular weight excluding hydrogens is 197 g/mol. The minimum atomic E-state index is -0.404. The zero-order valence-electron chi connectivity index (χ0n) is 8.50. The topological polar surface area (TPSA) is 42.2 Å². The number of benzene rings is 1. The molecule has 0 saturated heterocycles. The van der Waals surface area contributed by atoms with Crippen molar-refractivity contribution in [3.05, 3.63) is 23.8 Å². The van der Waals surface area contributed by atoms with E-state index in [1.54, 1.807) is 18.2 Å². The highest BCUT2D eigenvalue weighted by Crippen LogP contribution is 2.27. The molecule has 0 radical (unpaired) electrons. The van der Waals surface area contributed by atoms with Crippen LogP contribution in [0.25, 0.3) is 0 Å². The van der Waals surface area contributed by atoms with E-state index in [9.17, 15) is 4.39 Å². The summed E-state index contributed by atoms with van der Waals surface area (Å²) in [4.78, 5) is 0. The third-order valence-corrected chi connectivity index (χ3v) is 1.83. The molecule has 1 aromatic rings. The number of nitrogens with zero attached hydrogens (tertiary/aromatic N) is 1. The first-order valence-corrected chi connectivity index (χ1v) is 4.58. The highest BCUT2D eigenvalue weighted by atomic mass is 19.1. The molecule has 0 amide bonds. The van der Waals surface area contributed by atoms with Gasteiger partial charge in [0.1, 0.15) is 0 Å². The van der Waals surface area contributed by atoms with E-state index < -0.39 is 6.67 Å². The molecule has 0 heterocycles. The van der Waals surface area contributed by atoms with Crippen LogP contribution in [0.5, 0.6) is 11.5 Å². The standard InChI is InChI=1S/C11H12FNO2/c1-14-11-7-9(8-13)3-4-10(11)15-6-2-5-12/h3-4,7H,2,5-6H2,1H3. The summed E-state index contributed by atoms with van der Waals surface area (Å²) in [5.74, 6) is 1.03. The molecule has 0 aliphatic rings. The zero-order chi connectivity index (χ0) is 11.1. The molecule has 0 aromatic heterocycles. The summed E-state index contributed by atoms with van der Waals surface area (Å²) >= 11 is 0. The quantitative estimate of drug-likeness (QED) is 0.699. The Bertz CT molecular complexity index is 360. The normalized spacial score (nSPS) is 9.40. The first-order chi connectivity index (χ1) is 7.31. The molecule has 15 heavy (non-hydrogen) atoms. The Morgan fingerprint density at radius 1 is 1.40 bits per heavy atom. The highest BCUT2D eigenvalue weighted by Gasteiger charge is 2.05. The van der Waals surface area contributed by atoms with Gasteiger partial charge in [-0.05, 0) is 12.1 Å². The van der Waals surface area contributed by atoms with E-state index in [4.69, 9.17) is 14.7 Å². The van der Waals surface area contributed by atoms with E-state index in [1.807, 2.05) is 6.07 Å². The third-order valence-electron chi connectivity index (χ3n) is 1.83. The van der Waals surface area contributed by atoms with Crippen LogP contribution < -0.4 is 9.47 Å². The summed E-state index contributed by atoms with van der Waals surface area (Å²) in [6.45, 7) is -0.0998. The van der Waals surface area contributed by atoms with Crippen LogP contribution in [0.15, 0.2) is 18.2 Å². The molecule has 0 aliphatic carbocycles. The fourth-order valence-corrected chi connectivity index (χ4v) is 1.09. The van der Waals surface area contributed by atoms with Crippen molar-refractivity contribution < 1.29 is 13.9 Å². The number of hydrogen-bond acceptors (Lipinski definition) is 3. The molecule has 0 bridgehead atoms. The summed E-state index contributed by atoms with van der Waals surface area (Å²) < 4.78 is 22.2. The third kappa shape index (κ3) is 3.13. The Labute approximate surface area is 88.0 Å². The molecule has 0 N–H and O–H groups in total. The highest BCUT2D eigenvalue weighted by molar-refractivity contribution is 5.46. The van der Waals surface area contributed by atoms with Gasteiger partial charge in [0.15, 0.2) is 11.5 Å². The molecular formula is C11H12FNO2. The predicted molar refractivity (Wildman–Crippen MR) is 53.8 cm³/mol. The number of ether oxygens (including phenoxy) is 2. The summed E-state index contributed by atoms with van der Waals surface area (Å²) in [6.07, 6.45) is 0.350.